The predicted molar refractivity (Wildman–Crippen MR) is 153 cm³/mol. The Labute approximate surface area is 233 Å². The van der Waals surface area contributed by atoms with Crippen molar-refractivity contribution in [1.82, 2.24) is 9.55 Å². The SMILES string of the molecule is NC=Cc1ncc(N2CCSCC2)cc1Oc1ccc(NC(=O)c2cccn(-c3ccc(F)cc3)c2=O)cc1F. The number of anilines is 2. The summed E-state index contributed by atoms with van der Waals surface area (Å²) < 4.78 is 35.5. The molecule has 2 aromatic heterocycles. The Morgan fingerprint density at radius 3 is 2.52 bits per heavy atom. The van der Waals surface area contributed by atoms with Gasteiger partial charge in [-0.25, -0.2) is 8.78 Å². The van der Waals surface area contributed by atoms with Crippen molar-refractivity contribution in [2.75, 3.05) is 34.8 Å². The van der Waals surface area contributed by atoms with Crippen LogP contribution in [0.2, 0.25) is 0 Å². The van der Waals surface area contributed by atoms with Crippen LogP contribution in [0.4, 0.5) is 20.2 Å². The molecule has 0 spiro atoms. The lowest BCUT2D eigenvalue weighted by Gasteiger charge is -2.28. The van der Waals surface area contributed by atoms with Gasteiger partial charge in [-0.15, -0.1) is 0 Å². The molecule has 0 aliphatic carbocycles. The average molecular weight is 562 g/mol. The summed E-state index contributed by atoms with van der Waals surface area (Å²) in [6, 6.07) is 13.9. The van der Waals surface area contributed by atoms with E-state index in [0.717, 1.165) is 36.3 Å². The number of nitrogens with two attached hydrogens (primary N) is 1. The van der Waals surface area contributed by atoms with Gasteiger partial charge in [0.1, 0.15) is 17.1 Å². The first-order valence-corrected chi connectivity index (χ1v) is 13.6. The van der Waals surface area contributed by atoms with Crippen LogP contribution in [0.15, 0.2) is 84.1 Å². The lowest BCUT2D eigenvalue weighted by Crippen LogP contribution is -2.32. The standard InChI is InChI=1S/C29H25F2N5O3S/c30-19-3-6-21(7-4-19)36-11-1-2-23(29(36)38)28(37)34-20-5-8-26(24(31)16-20)39-27-17-22(18-33-25(27)9-10-32)35-12-14-40-15-13-35/h1-11,16-18H,12-15,32H2,(H,34,37). The minimum atomic E-state index is -0.725. The van der Waals surface area contributed by atoms with Gasteiger partial charge in [-0.3, -0.25) is 19.1 Å². The highest BCUT2D eigenvalue weighted by Gasteiger charge is 2.17. The lowest BCUT2D eigenvalue weighted by molar-refractivity contribution is 0.102. The second kappa shape index (κ2) is 12.0. The first-order valence-electron chi connectivity index (χ1n) is 12.4. The molecule has 1 aliphatic rings. The molecule has 1 fully saturated rings. The average Bonchev–Trinajstić information content (AvgIpc) is 2.96. The van der Waals surface area contributed by atoms with Crippen LogP contribution >= 0.6 is 11.8 Å². The fourth-order valence-corrected chi connectivity index (χ4v) is 5.09. The molecule has 5 rings (SSSR count). The summed E-state index contributed by atoms with van der Waals surface area (Å²) in [4.78, 5) is 32.4. The molecular formula is C29H25F2N5O3S. The topological polar surface area (TPSA) is 102 Å². The number of carbonyl (C=O) groups is 1. The third-order valence-corrected chi connectivity index (χ3v) is 7.15. The van der Waals surface area contributed by atoms with Gasteiger partial charge >= 0.3 is 0 Å². The summed E-state index contributed by atoms with van der Waals surface area (Å²) in [5.41, 5.74) is 6.63. The molecule has 40 heavy (non-hydrogen) atoms. The van der Waals surface area contributed by atoms with Crippen molar-refractivity contribution in [3.05, 3.63) is 113 Å². The molecule has 3 N–H and O–H groups in total. The van der Waals surface area contributed by atoms with E-state index in [-0.39, 0.29) is 17.0 Å². The van der Waals surface area contributed by atoms with Crippen LogP contribution in [-0.2, 0) is 0 Å². The maximum Gasteiger partial charge on any atom is 0.267 e. The molecule has 204 valence electrons. The highest BCUT2D eigenvalue weighted by Crippen LogP contribution is 2.32. The molecule has 0 atom stereocenters. The molecule has 0 bridgehead atoms. The largest absolute Gasteiger partial charge is 0.452 e. The zero-order valence-corrected chi connectivity index (χ0v) is 22.0. The Kier molecular flexibility index (Phi) is 8.11. The van der Waals surface area contributed by atoms with Crippen molar-refractivity contribution in [1.29, 1.82) is 0 Å². The van der Waals surface area contributed by atoms with E-state index >= 15 is 4.39 Å². The van der Waals surface area contributed by atoms with Crippen molar-refractivity contribution in [3.63, 3.8) is 0 Å². The van der Waals surface area contributed by atoms with Crippen LogP contribution in [0.25, 0.3) is 11.8 Å². The number of carbonyl (C=O) groups excluding carboxylic acids is 1. The summed E-state index contributed by atoms with van der Waals surface area (Å²) in [7, 11) is 0. The summed E-state index contributed by atoms with van der Waals surface area (Å²) in [6.07, 6.45) is 6.10. The normalized spacial score (nSPS) is 13.4. The number of hydrogen-bond donors (Lipinski definition) is 2. The van der Waals surface area contributed by atoms with Crippen molar-refractivity contribution >= 4 is 35.1 Å². The van der Waals surface area contributed by atoms with Gasteiger partial charge in [-0.05, 0) is 60.8 Å². The molecular weight excluding hydrogens is 536 g/mol. The molecule has 0 saturated carbocycles. The van der Waals surface area contributed by atoms with E-state index in [0.29, 0.717) is 17.1 Å². The van der Waals surface area contributed by atoms with Crippen molar-refractivity contribution in [2.45, 2.75) is 0 Å². The van der Waals surface area contributed by atoms with Crippen LogP contribution < -0.4 is 26.2 Å². The summed E-state index contributed by atoms with van der Waals surface area (Å²) in [5.74, 6) is 0.377. The number of rotatable bonds is 7. The first kappa shape index (κ1) is 26.9. The number of pyridine rings is 2. The van der Waals surface area contributed by atoms with Crippen LogP contribution in [0.1, 0.15) is 16.1 Å². The van der Waals surface area contributed by atoms with E-state index in [4.69, 9.17) is 10.5 Å². The smallest absolute Gasteiger partial charge is 0.267 e. The zero-order valence-electron chi connectivity index (χ0n) is 21.2. The maximum atomic E-state index is 15.1. The highest BCUT2D eigenvalue weighted by molar-refractivity contribution is 7.99. The fraction of sp³-hybridized carbons (Fsp3) is 0.138. The molecule has 8 nitrogen and oxygen atoms in total. The van der Waals surface area contributed by atoms with Crippen LogP contribution in [0.3, 0.4) is 0 Å². The van der Waals surface area contributed by atoms with Crippen molar-refractivity contribution in [2.24, 2.45) is 5.73 Å². The molecule has 0 unspecified atom stereocenters. The third kappa shape index (κ3) is 5.99. The molecule has 11 heteroatoms. The van der Waals surface area contributed by atoms with E-state index in [9.17, 15) is 14.0 Å². The van der Waals surface area contributed by atoms with Gasteiger partial charge in [0, 0.05) is 54.3 Å². The van der Waals surface area contributed by atoms with Gasteiger partial charge in [-0.1, -0.05) is 0 Å². The predicted octanol–water partition coefficient (Wildman–Crippen LogP) is 5.04. The fourth-order valence-electron chi connectivity index (χ4n) is 4.19. The van der Waals surface area contributed by atoms with Gasteiger partial charge in [0.15, 0.2) is 17.3 Å². The Morgan fingerprint density at radius 2 is 1.80 bits per heavy atom. The molecule has 1 amide bonds. The highest BCUT2D eigenvalue weighted by atomic mass is 32.2. The number of ether oxygens (including phenoxy) is 1. The number of nitrogens with one attached hydrogen (secondary N) is 1. The Hall–Kier alpha value is -4.64. The number of halogens is 2. The van der Waals surface area contributed by atoms with Gasteiger partial charge < -0.3 is 20.7 Å². The number of thioether (sulfide) groups is 1. The van der Waals surface area contributed by atoms with E-state index in [1.54, 1.807) is 18.3 Å². The molecule has 4 aromatic rings. The first-order chi connectivity index (χ1) is 19.4. The number of benzene rings is 2. The summed E-state index contributed by atoms with van der Waals surface area (Å²) in [5, 5.41) is 2.55. The monoisotopic (exact) mass is 561 g/mol. The molecule has 1 saturated heterocycles. The van der Waals surface area contributed by atoms with E-state index < -0.39 is 23.1 Å². The number of amides is 1. The maximum absolute atomic E-state index is 15.1. The van der Waals surface area contributed by atoms with E-state index in [1.807, 2.05) is 11.8 Å². The zero-order chi connectivity index (χ0) is 28.1. The molecule has 1 aliphatic heterocycles. The number of nitrogens with zero attached hydrogens (tertiary/aromatic N) is 3. The molecule has 2 aromatic carbocycles. The van der Waals surface area contributed by atoms with Gasteiger partial charge in [-0.2, -0.15) is 11.8 Å². The molecule has 3 heterocycles. The minimum Gasteiger partial charge on any atom is -0.452 e. The van der Waals surface area contributed by atoms with Crippen LogP contribution in [0, 0.1) is 11.6 Å². The summed E-state index contributed by atoms with van der Waals surface area (Å²) in [6.45, 7) is 1.74. The summed E-state index contributed by atoms with van der Waals surface area (Å²) >= 11 is 1.89. The Balaban J connectivity index is 1.35. The van der Waals surface area contributed by atoms with Crippen LogP contribution in [0.5, 0.6) is 11.5 Å². The number of aromatic nitrogens is 2. The minimum absolute atomic E-state index is 0.0730. The van der Waals surface area contributed by atoms with Crippen LogP contribution in [-0.4, -0.2) is 40.1 Å². The Bertz CT molecular complexity index is 1620. The lowest BCUT2D eigenvalue weighted by atomic mass is 10.2. The molecule has 0 radical (unpaired) electrons. The third-order valence-electron chi connectivity index (χ3n) is 6.20. The number of hydrogen-bond acceptors (Lipinski definition) is 7. The van der Waals surface area contributed by atoms with E-state index in [1.165, 1.54) is 65.5 Å². The van der Waals surface area contributed by atoms with Gasteiger partial charge in [0.05, 0.1) is 11.9 Å². The second-order valence-electron chi connectivity index (χ2n) is 8.81. The van der Waals surface area contributed by atoms with Gasteiger partial charge in [0.2, 0.25) is 0 Å². The quantitative estimate of drug-likeness (QED) is 0.326. The van der Waals surface area contributed by atoms with Crippen molar-refractivity contribution in [3.8, 4) is 17.2 Å². The van der Waals surface area contributed by atoms with Crippen molar-refractivity contribution < 1.29 is 18.3 Å². The Morgan fingerprint density at radius 1 is 1.02 bits per heavy atom. The van der Waals surface area contributed by atoms with E-state index in [2.05, 4.69) is 15.2 Å². The van der Waals surface area contributed by atoms with Gasteiger partial charge in [0.25, 0.3) is 11.5 Å². The second-order valence-corrected chi connectivity index (χ2v) is 10.0.